The Balaban J connectivity index is 1.89. The Labute approximate surface area is 132 Å². The van der Waals surface area contributed by atoms with Gasteiger partial charge in [-0.1, -0.05) is 0 Å². The first kappa shape index (κ1) is 14.3. The van der Waals surface area contributed by atoms with Crippen LogP contribution in [0.2, 0.25) is 0 Å². The van der Waals surface area contributed by atoms with Crippen molar-refractivity contribution in [2.45, 2.75) is 43.7 Å². The van der Waals surface area contributed by atoms with Crippen LogP contribution in [0.1, 0.15) is 36.8 Å². The monoisotopic (exact) mass is 303 g/mol. The molecule has 3 aliphatic rings. The van der Waals surface area contributed by atoms with Gasteiger partial charge in [0, 0.05) is 12.5 Å². The van der Waals surface area contributed by atoms with Crippen LogP contribution in [0, 0.1) is 5.92 Å². The van der Waals surface area contributed by atoms with Crippen molar-refractivity contribution in [1.29, 1.82) is 0 Å². The second kappa shape index (κ2) is 5.14. The second-order valence-electron chi connectivity index (χ2n) is 6.88. The summed E-state index contributed by atoms with van der Waals surface area (Å²) in [6.45, 7) is 2.20. The lowest BCUT2D eigenvalue weighted by molar-refractivity contribution is -0.0292. The molecule has 2 aliphatic heterocycles. The fourth-order valence-electron chi connectivity index (χ4n) is 5.21. The molecule has 0 bridgehead atoms. The first-order valence-electron chi connectivity index (χ1n) is 8.39. The fourth-order valence-corrected chi connectivity index (χ4v) is 5.21. The summed E-state index contributed by atoms with van der Waals surface area (Å²) in [6, 6.07) is 4.33. The van der Waals surface area contributed by atoms with E-state index in [0.717, 1.165) is 56.7 Å². The van der Waals surface area contributed by atoms with Gasteiger partial charge in [-0.25, -0.2) is 0 Å². The highest BCUT2D eigenvalue weighted by atomic mass is 16.5. The molecule has 2 heterocycles. The van der Waals surface area contributed by atoms with Gasteiger partial charge in [0.1, 0.15) is 0 Å². The molecule has 1 aliphatic carbocycles. The summed E-state index contributed by atoms with van der Waals surface area (Å²) in [6.07, 6.45) is 5.19. The minimum Gasteiger partial charge on any atom is -0.493 e. The molecule has 1 saturated carbocycles. The number of aliphatic hydroxyl groups is 1. The average Bonchev–Trinajstić information content (AvgIpc) is 2.94. The summed E-state index contributed by atoms with van der Waals surface area (Å²) >= 11 is 0. The van der Waals surface area contributed by atoms with Crippen LogP contribution in [-0.2, 0) is 12.0 Å². The van der Waals surface area contributed by atoms with Crippen LogP contribution >= 0.6 is 0 Å². The first-order valence-corrected chi connectivity index (χ1v) is 8.39. The molecule has 4 nitrogen and oxygen atoms in total. The van der Waals surface area contributed by atoms with Gasteiger partial charge in [0.2, 0.25) is 0 Å². The van der Waals surface area contributed by atoms with E-state index in [1.54, 1.807) is 14.2 Å². The Bertz CT molecular complexity index is 588. The molecule has 1 aromatic carbocycles. The molecule has 120 valence electrons. The SMILES string of the molecule is COc1cc2c(cc1OC)[C@]13CCC[C@H](O)[C@H]1CCN3CC2. The number of hydrogen-bond acceptors (Lipinski definition) is 4. The van der Waals surface area contributed by atoms with E-state index in [0.29, 0.717) is 5.92 Å². The van der Waals surface area contributed by atoms with Crippen molar-refractivity contribution >= 4 is 0 Å². The topological polar surface area (TPSA) is 41.9 Å². The molecule has 4 rings (SSSR count). The van der Waals surface area contributed by atoms with E-state index in [9.17, 15) is 5.11 Å². The smallest absolute Gasteiger partial charge is 0.161 e. The van der Waals surface area contributed by atoms with Crippen molar-refractivity contribution in [3.05, 3.63) is 23.3 Å². The number of hydrogen-bond donors (Lipinski definition) is 1. The fraction of sp³-hybridized carbons (Fsp3) is 0.667. The van der Waals surface area contributed by atoms with E-state index in [-0.39, 0.29) is 11.6 Å². The molecular weight excluding hydrogens is 278 g/mol. The molecule has 4 heteroatoms. The maximum absolute atomic E-state index is 10.6. The largest absolute Gasteiger partial charge is 0.493 e. The average molecular weight is 303 g/mol. The zero-order valence-corrected chi connectivity index (χ0v) is 13.5. The Morgan fingerprint density at radius 2 is 1.91 bits per heavy atom. The highest BCUT2D eigenvalue weighted by molar-refractivity contribution is 5.52. The molecule has 1 N–H and O–H groups in total. The summed E-state index contributed by atoms with van der Waals surface area (Å²) in [7, 11) is 3.39. The van der Waals surface area contributed by atoms with Crippen LogP contribution in [0.4, 0.5) is 0 Å². The molecule has 22 heavy (non-hydrogen) atoms. The van der Waals surface area contributed by atoms with Crippen LogP contribution in [0.5, 0.6) is 11.5 Å². The van der Waals surface area contributed by atoms with Gasteiger partial charge in [-0.15, -0.1) is 0 Å². The lowest BCUT2D eigenvalue weighted by Crippen LogP contribution is -2.54. The van der Waals surface area contributed by atoms with Crippen molar-refractivity contribution < 1.29 is 14.6 Å². The summed E-state index contributed by atoms with van der Waals surface area (Å²) in [5.41, 5.74) is 2.76. The zero-order valence-electron chi connectivity index (χ0n) is 13.5. The number of fused-ring (bicyclic) bond motifs is 1. The van der Waals surface area contributed by atoms with E-state index in [1.165, 1.54) is 11.1 Å². The van der Waals surface area contributed by atoms with Crippen LogP contribution in [0.3, 0.4) is 0 Å². The summed E-state index contributed by atoms with van der Waals surface area (Å²) < 4.78 is 11.0. The van der Waals surface area contributed by atoms with Gasteiger partial charge in [0.05, 0.1) is 25.9 Å². The third-order valence-corrected chi connectivity index (χ3v) is 6.14. The number of methoxy groups -OCH3 is 2. The summed E-state index contributed by atoms with van der Waals surface area (Å²) in [4.78, 5) is 2.62. The predicted molar refractivity (Wildman–Crippen MR) is 84.5 cm³/mol. The van der Waals surface area contributed by atoms with Gasteiger partial charge in [-0.2, -0.15) is 0 Å². The van der Waals surface area contributed by atoms with Crippen molar-refractivity contribution in [2.24, 2.45) is 5.92 Å². The van der Waals surface area contributed by atoms with Crippen LogP contribution in [-0.4, -0.2) is 43.4 Å². The molecule has 0 radical (unpaired) electrons. The summed E-state index contributed by atoms with van der Waals surface area (Å²) in [5.74, 6) is 1.98. The Hall–Kier alpha value is -1.26. The molecule has 0 unspecified atom stereocenters. The number of rotatable bonds is 2. The number of nitrogens with zero attached hydrogens (tertiary/aromatic N) is 1. The predicted octanol–water partition coefficient (Wildman–Crippen LogP) is 2.32. The van der Waals surface area contributed by atoms with Gasteiger partial charge in [-0.3, -0.25) is 4.90 Å². The summed E-state index contributed by atoms with van der Waals surface area (Å²) in [5, 5.41) is 10.6. The lowest BCUT2D eigenvalue weighted by Gasteiger charge is -2.51. The molecule has 3 atom stereocenters. The number of benzene rings is 1. The van der Waals surface area contributed by atoms with Gasteiger partial charge in [0.25, 0.3) is 0 Å². The maximum atomic E-state index is 10.6. The third-order valence-electron chi connectivity index (χ3n) is 6.14. The van der Waals surface area contributed by atoms with Crippen molar-refractivity contribution in [3.63, 3.8) is 0 Å². The van der Waals surface area contributed by atoms with Gasteiger partial charge < -0.3 is 14.6 Å². The highest BCUT2D eigenvalue weighted by Gasteiger charge is 2.56. The van der Waals surface area contributed by atoms with E-state index >= 15 is 0 Å². The van der Waals surface area contributed by atoms with Crippen LogP contribution in [0.25, 0.3) is 0 Å². The minimum absolute atomic E-state index is 0.0187. The maximum Gasteiger partial charge on any atom is 0.161 e. The standard InChI is InChI=1S/C18H25NO3/c1-21-16-10-12-5-8-19-9-6-13-15(20)4-3-7-18(13,19)14(12)11-17(16)22-2/h10-11,13,15,20H,3-9H2,1-2H3/t13-,15+,18+/m1/s1. The first-order chi connectivity index (χ1) is 10.7. The van der Waals surface area contributed by atoms with Crippen molar-refractivity contribution in [2.75, 3.05) is 27.3 Å². The van der Waals surface area contributed by atoms with Gasteiger partial charge >= 0.3 is 0 Å². The van der Waals surface area contributed by atoms with Crippen molar-refractivity contribution in [1.82, 2.24) is 4.90 Å². The van der Waals surface area contributed by atoms with E-state index in [2.05, 4.69) is 17.0 Å². The Morgan fingerprint density at radius 3 is 2.68 bits per heavy atom. The van der Waals surface area contributed by atoms with Gasteiger partial charge in [-0.05, 0) is 61.9 Å². The molecule has 1 aromatic rings. The molecular formula is C18H25NO3. The van der Waals surface area contributed by atoms with E-state index in [4.69, 9.17) is 9.47 Å². The van der Waals surface area contributed by atoms with E-state index < -0.39 is 0 Å². The second-order valence-corrected chi connectivity index (χ2v) is 6.88. The molecule has 0 aromatic heterocycles. The quantitative estimate of drug-likeness (QED) is 0.910. The highest BCUT2D eigenvalue weighted by Crippen LogP contribution is 2.55. The van der Waals surface area contributed by atoms with E-state index in [1.807, 2.05) is 0 Å². The van der Waals surface area contributed by atoms with Crippen LogP contribution < -0.4 is 9.47 Å². The third kappa shape index (κ3) is 1.77. The number of aliphatic hydroxyl groups excluding tert-OH is 1. The number of ether oxygens (including phenoxy) is 2. The van der Waals surface area contributed by atoms with Crippen molar-refractivity contribution in [3.8, 4) is 11.5 Å². The van der Waals surface area contributed by atoms with Gasteiger partial charge in [0.15, 0.2) is 11.5 Å². The Kier molecular flexibility index (Phi) is 3.35. The molecule has 1 saturated heterocycles. The lowest BCUT2D eigenvalue weighted by atomic mass is 9.65. The zero-order chi connectivity index (χ0) is 15.3. The minimum atomic E-state index is -0.169. The Morgan fingerprint density at radius 1 is 1.14 bits per heavy atom. The normalized spacial score (nSPS) is 33.8. The molecule has 2 fully saturated rings. The molecule has 1 spiro atoms. The van der Waals surface area contributed by atoms with Crippen LogP contribution in [0.15, 0.2) is 12.1 Å². The molecule has 0 amide bonds.